The fourth-order valence-electron chi connectivity index (χ4n) is 4.75. The first-order valence-corrected chi connectivity index (χ1v) is 13.3. The van der Waals surface area contributed by atoms with Crippen molar-refractivity contribution in [2.75, 3.05) is 37.7 Å². The van der Waals surface area contributed by atoms with Crippen molar-refractivity contribution in [3.63, 3.8) is 0 Å². The summed E-state index contributed by atoms with van der Waals surface area (Å²) in [5.41, 5.74) is 2.90. The average Bonchev–Trinajstić information content (AvgIpc) is 3.33. The highest BCUT2D eigenvalue weighted by Crippen LogP contribution is 2.34. The number of piperazine rings is 1. The van der Waals surface area contributed by atoms with Gasteiger partial charge in [0.15, 0.2) is 5.13 Å². The summed E-state index contributed by atoms with van der Waals surface area (Å²) in [6, 6.07) is 14.5. The zero-order valence-electron chi connectivity index (χ0n) is 21.4. The Morgan fingerprint density at radius 1 is 1.14 bits per heavy atom. The van der Waals surface area contributed by atoms with Crippen molar-refractivity contribution in [1.82, 2.24) is 9.88 Å². The Labute approximate surface area is 217 Å². The van der Waals surface area contributed by atoms with E-state index in [1.807, 2.05) is 50.4 Å². The van der Waals surface area contributed by atoms with Gasteiger partial charge in [-0.3, -0.25) is 9.69 Å². The highest BCUT2D eigenvalue weighted by Gasteiger charge is 2.30. The molecule has 8 heteroatoms. The zero-order chi connectivity index (χ0) is 25.7. The predicted molar refractivity (Wildman–Crippen MR) is 145 cm³/mol. The van der Waals surface area contributed by atoms with Gasteiger partial charge in [0.25, 0.3) is 0 Å². The fourth-order valence-corrected chi connectivity index (χ4v) is 5.68. The molecule has 3 aromatic rings. The molecule has 0 aliphatic carbocycles. The van der Waals surface area contributed by atoms with Crippen molar-refractivity contribution in [1.29, 1.82) is 0 Å². The Kier molecular flexibility index (Phi) is 8.48. The number of benzene rings is 2. The minimum absolute atomic E-state index is 0.00307. The molecule has 0 unspecified atom stereocenters. The molecule has 2 aromatic carbocycles. The quantitative estimate of drug-likeness (QED) is 0.406. The third-order valence-corrected chi connectivity index (χ3v) is 7.62. The number of aryl methyl sites for hydroxylation is 1. The maximum atomic E-state index is 11.0. The Morgan fingerprint density at radius 3 is 2.64 bits per heavy atom. The van der Waals surface area contributed by atoms with E-state index in [4.69, 9.17) is 19.6 Å². The molecule has 0 radical (unpaired) electrons. The summed E-state index contributed by atoms with van der Waals surface area (Å²) in [7, 11) is 0. The first-order chi connectivity index (χ1) is 17.3. The van der Waals surface area contributed by atoms with Crippen LogP contribution in [0.2, 0.25) is 0 Å². The molecule has 0 saturated carbocycles. The van der Waals surface area contributed by atoms with Gasteiger partial charge < -0.3 is 19.5 Å². The molecule has 1 aliphatic rings. The largest absolute Gasteiger partial charge is 0.494 e. The maximum absolute atomic E-state index is 11.0. The first kappa shape index (κ1) is 26.0. The van der Waals surface area contributed by atoms with E-state index >= 15 is 0 Å². The van der Waals surface area contributed by atoms with Crippen molar-refractivity contribution >= 4 is 22.4 Å². The molecular weight excluding hydrogens is 474 g/mol. The van der Waals surface area contributed by atoms with E-state index in [9.17, 15) is 4.79 Å². The molecule has 1 fully saturated rings. The number of carbonyl (C=O) groups is 1. The van der Waals surface area contributed by atoms with Crippen LogP contribution < -0.4 is 14.4 Å². The molecule has 0 amide bonds. The number of ether oxygens (including phenoxy) is 2. The van der Waals surface area contributed by atoms with Crippen LogP contribution in [0.25, 0.3) is 10.4 Å². The minimum Gasteiger partial charge on any atom is -0.494 e. The standard InChI is InChI=1S/C28H35N3O4S/c1-5-34-24-8-6-7-23(15-24)26-16-29-28(36-26)30-17-20(3)31(21(4)18-30)11-12-35-25-13-22(14-27(32)33)10-9-19(25)2/h6-10,13,15-16,20-21H,5,11-12,14,17-18H2,1-4H3,(H,32,33)/t20-,21+. The number of aliphatic carboxylic acids is 1. The second-order valence-electron chi connectivity index (χ2n) is 9.33. The van der Waals surface area contributed by atoms with E-state index in [1.54, 1.807) is 11.3 Å². The summed E-state index contributed by atoms with van der Waals surface area (Å²) in [6.07, 6.45) is 1.96. The van der Waals surface area contributed by atoms with Gasteiger partial charge in [0.05, 0.1) is 17.9 Å². The van der Waals surface area contributed by atoms with Crippen LogP contribution in [-0.2, 0) is 11.2 Å². The van der Waals surface area contributed by atoms with E-state index in [1.165, 1.54) is 0 Å². The van der Waals surface area contributed by atoms with Crippen molar-refractivity contribution < 1.29 is 19.4 Å². The number of nitrogens with zero attached hydrogens (tertiary/aromatic N) is 3. The SMILES string of the molecule is CCOc1cccc(-c2cnc(N3C[C@@H](C)N(CCOc4cc(CC(=O)O)ccc4C)[C@@H](C)C3)s2)c1. The molecule has 36 heavy (non-hydrogen) atoms. The molecule has 192 valence electrons. The smallest absolute Gasteiger partial charge is 0.307 e. The van der Waals surface area contributed by atoms with Crippen LogP contribution >= 0.6 is 11.3 Å². The molecule has 1 saturated heterocycles. The lowest BCUT2D eigenvalue weighted by molar-refractivity contribution is -0.136. The molecule has 2 heterocycles. The lowest BCUT2D eigenvalue weighted by atomic mass is 10.1. The van der Waals surface area contributed by atoms with Crippen LogP contribution in [0.15, 0.2) is 48.7 Å². The maximum Gasteiger partial charge on any atom is 0.307 e. The Hall–Kier alpha value is -3.10. The summed E-state index contributed by atoms with van der Waals surface area (Å²) in [6.45, 7) is 12.3. The van der Waals surface area contributed by atoms with E-state index in [2.05, 4.69) is 35.8 Å². The van der Waals surface area contributed by atoms with Gasteiger partial charge in [0.2, 0.25) is 0 Å². The van der Waals surface area contributed by atoms with Crippen LogP contribution in [0.4, 0.5) is 5.13 Å². The minimum atomic E-state index is -0.836. The molecule has 7 nitrogen and oxygen atoms in total. The Balaban J connectivity index is 1.34. The van der Waals surface area contributed by atoms with Crippen molar-refractivity contribution in [3.8, 4) is 21.9 Å². The third-order valence-electron chi connectivity index (χ3n) is 6.51. The summed E-state index contributed by atoms with van der Waals surface area (Å²) in [5.74, 6) is 0.806. The van der Waals surface area contributed by atoms with Crippen molar-refractivity contribution in [2.24, 2.45) is 0 Å². The van der Waals surface area contributed by atoms with Gasteiger partial charge >= 0.3 is 5.97 Å². The normalized spacial score (nSPS) is 18.3. The van der Waals surface area contributed by atoms with Crippen molar-refractivity contribution in [2.45, 2.75) is 46.2 Å². The average molecular weight is 510 g/mol. The van der Waals surface area contributed by atoms with Crippen LogP contribution in [0.1, 0.15) is 31.9 Å². The first-order valence-electron chi connectivity index (χ1n) is 12.5. The Bertz CT molecular complexity index is 1170. The van der Waals surface area contributed by atoms with E-state index in [0.717, 1.165) is 57.8 Å². The number of aromatic nitrogens is 1. The Morgan fingerprint density at radius 2 is 1.92 bits per heavy atom. The van der Waals surface area contributed by atoms with Gasteiger partial charge in [-0.25, -0.2) is 4.98 Å². The van der Waals surface area contributed by atoms with Crippen molar-refractivity contribution in [3.05, 3.63) is 59.8 Å². The number of anilines is 1. The molecule has 4 rings (SSSR count). The van der Waals surface area contributed by atoms with E-state index in [0.29, 0.717) is 25.3 Å². The summed E-state index contributed by atoms with van der Waals surface area (Å²) < 4.78 is 11.7. The zero-order valence-corrected chi connectivity index (χ0v) is 22.3. The third kappa shape index (κ3) is 6.36. The van der Waals surface area contributed by atoms with Gasteiger partial charge in [0.1, 0.15) is 18.1 Å². The summed E-state index contributed by atoms with van der Waals surface area (Å²) in [4.78, 5) is 21.8. The van der Waals surface area contributed by atoms with Gasteiger partial charge in [0, 0.05) is 37.9 Å². The highest BCUT2D eigenvalue weighted by molar-refractivity contribution is 7.18. The fraction of sp³-hybridized carbons (Fsp3) is 0.429. The predicted octanol–water partition coefficient (Wildman–Crippen LogP) is 5.12. The van der Waals surface area contributed by atoms with Gasteiger partial charge in [-0.15, -0.1) is 0 Å². The van der Waals surface area contributed by atoms with Crippen LogP contribution in [0.5, 0.6) is 11.5 Å². The number of carboxylic acids is 1. The van der Waals surface area contributed by atoms with E-state index < -0.39 is 5.97 Å². The number of hydrogen-bond donors (Lipinski definition) is 1. The topological polar surface area (TPSA) is 75.1 Å². The number of rotatable bonds is 10. The van der Waals surface area contributed by atoms with Crippen LogP contribution in [0.3, 0.4) is 0 Å². The molecule has 0 spiro atoms. The number of thiazole rings is 1. The monoisotopic (exact) mass is 509 g/mol. The second kappa shape index (κ2) is 11.8. The number of hydrogen-bond acceptors (Lipinski definition) is 7. The van der Waals surface area contributed by atoms with Gasteiger partial charge in [-0.1, -0.05) is 35.6 Å². The van der Waals surface area contributed by atoms with Gasteiger partial charge in [-0.05, 0) is 62.6 Å². The van der Waals surface area contributed by atoms with Crippen LogP contribution in [-0.4, -0.2) is 65.9 Å². The summed E-state index contributed by atoms with van der Waals surface area (Å²) in [5, 5.41) is 10.1. The summed E-state index contributed by atoms with van der Waals surface area (Å²) >= 11 is 1.72. The highest BCUT2D eigenvalue weighted by atomic mass is 32.1. The molecular formula is C28H35N3O4S. The molecule has 2 atom stereocenters. The van der Waals surface area contributed by atoms with E-state index in [-0.39, 0.29) is 6.42 Å². The lowest BCUT2D eigenvalue weighted by Gasteiger charge is -2.44. The number of carboxylic acid groups (broad SMARTS) is 1. The van der Waals surface area contributed by atoms with Gasteiger partial charge in [-0.2, -0.15) is 0 Å². The second-order valence-corrected chi connectivity index (χ2v) is 10.3. The molecule has 0 bridgehead atoms. The molecule has 1 N–H and O–H groups in total. The lowest BCUT2D eigenvalue weighted by Crippen LogP contribution is -2.57. The van der Waals surface area contributed by atoms with Crippen LogP contribution in [0, 0.1) is 6.92 Å². The molecule has 1 aliphatic heterocycles. The molecule has 1 aromatic heterocycles.